The fourth-order valence-corrected chi connectivity index (χ4v) is 2.19. The highest BCUT2D eigenvalue weighted by molar-refractivity contribution is 6.31. The first-order chi connectivity index (χ1) is 10.1. The van der Waals surface area contributed by atoms with Crippen LogP contribution in [0.4, 0.5) is 0 Å². The Bertz CT molecular complexity index is 757. The van der Waals surface area contributed by atoms with Crippen LogP contribution < -0.4 is 4.74 Å². The zero-order valence-corrected chi connectivity index (χ0v) is 12.1. The van der Waals surface area contributed by atoms with Gasteiger partial charge in [0, 0.05) is 15.3 Å². The second kappa shape index (κ2) is 6.30. The van der Waals surface area contributed by atoms with Gasteiger partial charge in [-0.1, -0.05) is 16.7 Å². The van der Waals surface area contributed by atoms with Crippen molar-refractivity contribution >= 4 is 28.5 Å². The monoisotopic (exact) mass is 306 g/mol. The largest absolute Gasteiger partial charge is 0.480 e. The van der Waals surface area contributed by atoms with Crippen molar-refractivity contribution in [3.8, 4) is 5.88 Å². The van der Waals surface area contributed by atoms with E-state index in [1.54, 1.807) is 18.2 Å². The van der Waals surface area contributed by atoms with Crippen molar-refractivity contribution in [1.29, 1.82) is 0 Å². The average molecular weight is 307 g/mol. The van der Waals surface area contributed by atoms with Crippen molar-refractivity contribution in [2.24, 2.45) is 5.11 Å². The van der Waals surface area contributed by atoms with Crippen LogP contribution in [0.1, 0.15) is 15.9 Å². The van der Waals surface area contributed by atoms with E-state index >= 15 is 0 Å². The van der Waals surface area contributed by atoms with E-state index in [4.69, 9.17) is 26.6 Å². The molecule has 7 nitrogen and oxygen atoms in total. The van der Waals surface area contributed by atoms with Gasteiger partial charge in [-0.15, -0.1) is 0 Å². The number of fused-ring (bicyclic) bond motifs is 1. The Balaban J connectivity index is 2.73. The molecular weight excluding hydrogens is 296 g/mol. The van der Waals surface area contributed by atoms with E-state index in [9.17, 15) is 4.79 Å². The van der Waals surface area contributed by atoms with Crippen LogP contribution in [0.5, 0.6) is 5.88 Å². The lowest BCUT2D eigenvalue weighted by molar-refractivity contribution is 0.0596. The summed E-state index contributed by atoms with van der Waals surface area (Å²) in [6, 6.07) is 4.90. The fourth-order valence-electron chi connectivity index (χ4n) is 1.94. The van der Waals surface area contributed by atoms with Crippen LogP contribution in [0.2, 0.25) is 5.02 Å². The molecule has 0 aliphatic heterocycles. The molecule has 108 valence electrons. The molecule has 0 atom stereocenters. The highest BCUT2D eigenvalue weighted by Gasteiger charge is 2.17. The molecule has 0 N–H and O–H groups in total. The summed E-state index contributed by atoms with van der Waals surface area (Å²) in [4.78, 5) is 18.7. The van der Waals surface area contributed by atoms with Crippen molar-refractivity contribution in [1.82, 2.24) is 4.98 Å². The number of methoxy groups -OCH3 is 2. The number of halogens is 1. The molecule has 0 aliphatic carbocycles. The summed E-state index contributed by atoms with van der Waals surface area (Å²) in [7, 11) is 2.68. The number of carbonyl (C=O) groups is 1. The van der Waals surface area contributed by atoms with E-state index < -0.39 is 5.97 Å². The van der Waals surface area contributed by atoms with Crippen LogP contribution in [0.25, 0.3) is 21.3 Å². The van der Waals surface area contributed by atoms with Gasteiger partial charge in [-0.25, -0.2) is 9.78 Å². The molecule has 0 unspecified atom stereocenters. The first-order valence-corrected chi connectivity index (χ1v) is 6.24. The van der Waals surface area contributed by atoms with Gasteiger partial charge >= 0.3 is 5.97 Å². The number of nitrogens with zero attached hydrogens (tertiary/aromatic N) is 4. The van der Waals surface area contributed by atoms with Crippen LogP contribution in [-0.4, -0.2) is 25.2 Å². The van der Waals surface area contributed by atoms with Gasteiger partial charge in [0.2, 0.25) is 5.88 Å². The lowest BCUT2D eigenvalue weighted by Crippen LogP contribution is -2.06. The standard InChI is InChI=1S/C13H11ClN4O3/c1-20-12-10(13(19)21-2)5-7-3-9(14)4-8(6-16-18-15)11(7)17-12/h3-5H,6H2,1-2H3. The first-order valence-electron chi connectivity index (χ1n) is 5.87. The number of aromatic nitrogens is 1. The van der Waals surface area contributed by atoms with Crippen molar-refractivity contribution in [2.75, 3.05) is 14.2 Å². The summed E-state index contributed by atoms with van der Waals surface area (Å²) < 4.78 is 9.81. The molecule has 0 aliphatic rings. The number of carbonyl (C=O) groups excluding carboxylic acids is 1. The average Bonchev–Trinajstić information content (AvgIpc) is 2.50. The SMILES string of the molecule is COC(=O)c1cc2cc(Cl)cc(CN=[N+]=[N-])c2nc1OC. The molecule has 1 heterocycles. The predicted molar refractivity (Wildman–Crippen MR) is 77.5 cm³/mol. The Morgan fingerprint density at radius 2 is 2.19 bits per heavy atom. The van der Waals surface area contributed by atoms with Crippen molar-refractivity contribution in [3.63, 3.8) is 0 Å². The Morgan fingerprint density at radius 3 is 2.81 bits per heavy atom. The van der Waals surface area contributed by atoms with Gasteiger partial charge in [0.25, 0.3) is 0 Å². The van der Waals surface area contributed by atoms with Gasteiger partial charge in [0.05, 0.1) is 26.3 Å². The second-order valence-corrected chi connectivity index (χ2v) is 4.50. The highest BCUT2D eigenvalue weighted by atomic mass is 35.5. The van der Waals surface area contributed by atoms with Crippen LogP contribution in [-0.2, 0) is 11.3 Å². The van der Waals surface area contributed by atoms with Crippen molar-refractivity contribution in [2.45, 2.75) is 6.54 Å². The summed E-state index contributed by atoms with van der Waals surface area (Å²) >= 11 is 6.03. The van der Waals surface area contributed by atoms with E-state index in [2.05, 4.69) is 15.0 Å². The Hall–Kier alpha value is -2.50. The molecule has 0 spiro atoms. The molecule has 0 saturated carbocycles. The third-order valence-corrected chi connectivity index (χ3v) is 3.05. The minimum Gasteiger partial charge on any atom is -0.480 e. The number of benzene rings is 1. The second-order valence-electron chi connectivity index (χ2n) is 4.06. The highest BCUT2D eigenvalue weighted by Crippen LogP contribution is 2.28. The normalized spacial score (nSPS) is 10.0. The number of ether oxygens (including phenoxy) is 2. The minimum absolute atomic E-state index is 0.0985. The molecule has 0 bridgehead atoms. The van der Waals surface area contributed by atoms with Crippen LogP contribution in [0.15, 0.2) is 23.3 Å². The molecule has 0 amide bonds. The Kier molecular flexibility index (Phi) is 4.47. The summed E-state index contributed by atoms with van der Waals surface area (Å²) in [5.74, 6) is -0.420. The smallest absolute Gasteiger partial charge is 0.343 e. The zero-order valence-electron chi connectivity index (χ0n) is 11.3. The summed E-state index contributed by atoms with van der Waals surface area (Å²) in [5, 5.41) is 4.60. The molecule has 2 aromatic rings. The van der Waals surface area contributed by atoms with Gasteiger partial charge in [-0.05, 0) is 29.3 Å². The number of azide groups is 1. The third-order valence-electron chi connectivity index (χ3n) is 2.83. The molecule has 0 radical (unpaired) electrons. The maximum atomic E-state index is 11.7. The number of rotatable bonds is 4. The van der Waals surface area contributed by atoms with Crippen LogP contribution >= 0.6 is 11.6 Å². The Labute approximate surface area is 125 Å². The lowest BCUT2D eigenvalue weighted by Gasteiger charge is -2.10. The maximum Gasteiger partial charge on any atom is 0.343 e. The molecule has 0 fully saturated rings. The molecule has 1 aromatic heterocycles. The first kappa shape index (κ1) is 14.9. The van der Waals surface area contributed by atoms with Crippen LogP contribution in [0.3, 0.4) is 0 Å². The van der Waals surface area contributed by atoms with Crippen molar-refractivity contribution < 1.29 is 14.3 Å². The van der Waals surface area contributed by atoms with E-state index in [0.717, 1.165) is 0 Å². The van der Waals surface area contributed by atoms with Crippen molar-refractivity contribution in [3.05, 3.63) is 44.8 Å². The van der Waals surface area contributed by atoms with Gasteiger partial charge in [-0.3, -0.25) is 0 Å². The predicted octanol–water partition coefficient (Wildman–Crippen LogP) is 3.49. The van der Waals surface area contributed by atoms with E-state index in [0.29, 0.717) is 21.5 Å². The molecular formula is C13H11ClN4O3. The van der Waals surface area contributed by atoms with Gasteiger partial charge < -0.3 is 9.47 Å². The van der Waals surface area contributed by atoms with Crippen LogP contribution in [0, 0.1) is 0 Å². The fraction of sp³-hybridized carbons (Fsp3) is 0.231. The zero-order chi connectivity index (χ0) is 15.4. The number of hydrogen-bond donors (Lipinski definition) is 0. The molecule has 0 saturated heterocycles. The van der Waals surface area contributed by atoms with E-state index in [1.807, 2.05) is 0 Å². The Morgan fingerprint density at radius 1 is 1.43 bits per heavy atom. The molecule has 2 rings (SSSR count). The lowest BCUT2D eigenvalue weighted by atomic mass is 10.1. The molecule has 8 heteroatoms. The topological polar surface area (TPSA) is 97.2 Å². The van der Waals surface area contributed by atoms with E-state index in [1.165, 1.54) is 14.2 Å². The van der Waals surface area contributed by atoms with E-state index in [-0.39, 0.29) is 18.0 Å². The summed E-state index contributed by atoms with van der Waals surface area (Å²) in [5.41, 5.74) is 9.83. The number of hydrogen-bond acceptors (Lipinski definition) is 5. The quantitative estimate of drug-likeness (QED) is 0.373. The summed E-state index contributed by atoms with van der Waals surface area (Å²) in [6.45, 7) is 0.0985. The number of esters is 1. The third kappa shape index (κ3) is 2.99. The minimum atomic E-state index is -0.558. The maximum absolute atomic E-state index is 11.7. The number of pyridine rings is 1. The molecule has 1 aromatic carbocycles. The summed E-state index contributed by atoms with van der Waals surface area (Å²) in [6.07, 6.45) is 0. The van der Waals surface area contributed by atoms with Gasteiger partial charge in [0.1, 0.15) is 5.56 Å². The van der Waals surface area contributed by atoms with Gasteiger partial charge in [0.15, 0.2) is 0 Å². The van der Waals surface area contributed by atoms with Gasteiger partial charge in [-0.2, -0.15) is 0 Å². The molecule has 21 heavy (non-hydrogen) atoms.